The predicted molar refractivity (Wildman–Crippen MR) is 119 cm³/mol. The second-order valence-corrected chi connectivity index (χ2v) is 8.08. The van der Waals surface area contributed by atoms with Crippen LogP contribution in [0.4, 0.5) is 13.2 Å². The van der Waals surface area contributed by atoms with Gasteiger partial charge in [0.25, 0.3) is 5.91 Å². The van der Waals surface area contributed by atoms with Gasteiger partial charge in [0.2, 0.25) is 0 Å². The van der Waals surface area contributed by atoms with Crippen molar-refractivity contribution in [3.05, 3.63) is 88.2 Å². The molecule has 3 rings (SSSR count). The van der Waals surface area contributed by atoms with Crippen molar-refractivity contribution in [2.24, 2.45) is 5.10 Å². The van der Waals surface area contributed by atoms with Gasteiger partial charge in [-0.3, -0.25) is 4.79 Å². The highest BCUT2D eigenvalue weighted by molar-refractivity contribution is 7.98. The number of halogens is 3. The molecular formula is C23H21F3N4OS. The highest BCUT2D eigenvalue weighted by Gasteiger charge is 2.30. The summed E-state index contributed by atoms with van der Waals surface area (Å²) in [5.74, 6) is 0.200. The van der Waals surface area contributed by atoms with Crippen molar-refractivity contribution in [1.29, 1.82) is 0 Å². The fourth-order valence-corrected chi connectivity index (χ4v) is 3.75. The van der Waals surface area contributed by atoms with Gasteiger partial charge in [-0.1, -0.05) is 36.0 Å². The molecule has 0 saturated carbocycles. The van der Waals surface area contributed by atoms with Crippen molar-refractivity contribution in [3.63, 3.8) is 0 Å². The van der Waals surface area contributed by atoms with Crippen molar-refractivity contribution in [1.82, 2.24) is 15.4 Å². The van der Waals surface area contributed by atoms with Crippen LogP contribution in [0, 0.1) is 13.8 Å². The Labute approximate surface area is 188 Å². The van der Waals surface area contributed by atoms with Crippen molar-refractivity contribution in [2.45, 2.75) is 37.9 Å². The third-order valence-corrected chi connectivity index (χ3v) is 5.40. The third kappa shape index (κ3) is 6.40. The summed E-state index contributed by atoms with van der Waals surface area (Å²) in [4.78, 5) is 21.1. The molecule has 0 fully saturated rings. The van der Waals surface area contributed by atoms with Crippen LogP contribution < -0.4 is 5.43 Å². The average Bonchev–Trinajstić information content (AvgIpc) is 2.75. The van der Waals surface area contributed by atoms with Gasteiger partial charge in [-0.2, -0.15) is 18.3 Å². The summed E-state index contributed by atoms with van der Waals surface area (Å²) in [7, 11) is 0. The van der Waals surface area contributed by atoms with E-state index in [2.05, 4.69) is 20.5 Å². The molecular weight excluding hydrogens is 437 g/mol. The maximum atomic E-state index is 12.9. The molecule has 0 aliphatic heterocycles. The Hall–Kier alpha value is -3.20. The monoisotopic (exact) mass is 458 g/mol. The summed E-state index contributed by atoms with van der Waals surface area (Å²) in [6, 6.07) is 13.7. The number of alkyl halides is 3. The number of hydrazone groups is 1. The molecule has 0 aliphatic carbocycles. The SMILES string of the molecule is C/C(=N\NC(=O)c1ccc(CSc2nc(C)cc(C)n2)cc1)c1cccc(C(F)(F)F)c1. The minimum Gasteiger partial charge on any atom is -0.267 e. The molecule has 1 amide bonds. The summed E-state index contributed by atoms with van der Waals surface area (Å²) in [6.07, 6.45) is -4.44. The zero-order valence-electron chi connectivity index (χ0n) is 17.7. The smallest absolute Gasteiger partial charge is 0.267 e. The Balaban J connectivity index is 1.61. The topological polar surface area (TPSA) is 67.2 Å². The lowest BCUT2D eigenvalue weighted by Gasteiger charge is -2.09. The van der Waals surface area contributed by atoms with E-state index in [9.17, 15) is 18.0 Å². The van der Waals surface area contributed by atoms with Gasteiger partial charge in [0.05, 0.1) is 11.3 Å². The van der Waals surface area contributed by atoms with Crippen LogP contribution in [-0.4, -0.2) is 21.6 Å². The normalized spacial score (nSPS) is 12.0. The molecule has 2 aromatic carbocycles. The number of rotatable bonds is 6. The lowest BCUT2D eigenvalue weighted by molar-refractivity contribution is -0.137. The van der Waals surface area contributed by atoms with E-state index in [0.29, 0.717) is 16.5 Å². The molecule has 1 heterocycles. The third-order valence-electron chi connectivity index (χ3n) is 4.48. The minimum absolute atomic E-state index is 0.269. The quantitative estimate of drug-likeness (QED) is 0.227. The van der Waals surface area contributed by atoms with Gasteiger partial charge in [-0.25, -0.2) is 15.4 Å². The van der Waals surface area contributed by atoms with E-state index >= 15 is 0 Å². The second-order valence-electron chi connectivity index (χ2n) is 7.14. The Kier molecular flexibility index (Phi) is 7.29. The first-order valence-corrected chi connectivity index (χ1v) is 10.7. The second kappa shape index (κ2) is 9.95. The van der Waals surface area contributed by atoms with Crippen LogP contribution in [0.15, 0.2) is 64.9 Å². The van der Waals surface area contributed by atoms with Crippen LogP contribution >= 0.6 is 11.8 Å². The van der Waals surface area contributed by atoms with Gasteiger partial charge in [-0.05, 0) is 62.2 Å². The first-order chi connectivity index (χ1) is 15.1. The molecule has 0 saturated heterocycles. The highest BCUT2D eigenvalue weighted by Crippen LogP contribution is 2.29. The van der Waals surface area contributed by atoms with Crippen LogP contribution in [0.3, 0.4) is 0 Å². The van der Waals surface area contributed by atoms with E-state index in [1.54, 1.807) is 12.1 Å². The molecule has 3 aromatic rings. The molecule has 0 spiro atoms. The number of carbonyl (C=O) groups is 1. The van der Waals surface area contributed by atoms with Crippen LogP contribution in [0.25, 0.3) is 0 Å². The molecule has 0 atom stereocenters. The average molecular weight is 459 g/mol. The number of nitrogens with zero attached hydrogens (tertiary/aromatic N) is 3. The van der Waals surface area contributed by atoms with E-state index in [1.807, 2.05) is 32.0 Å². The lowest BCUT2D eigenvalue weighted by atomic mass is 10.1. The zero-order chi connectivity index (χ0) is 23.3. The fraction of sp³-hybridized carbons (Fsp3) is 0.217. The van der Waals surface area contributed by atoms with Gasteiger partial charge in [0, 0.05) is 22.7 Å². The van der Waals surface area contributed by atoms with Crippen LogP contribution in [-0.2, 0) is 11.9 Å². The Morgan fingerprint density at radius 2 is 1.66 bits per heavy atom. The molecule has 166 valence electrons. The van der Waals surface area contributed by atoms with Gasteiger partial charge in [0.15, 0.2) is 5.16 Å². The van der Waals surface area contributed by atoms with E-state index in [1.165, 1.54) is 30.8 Å². The van der Waals surface area contributed by atoms with Gasteiger partial charge < -0.3 is 0 Å². The standard InChI is InChI=1S/C23H21F3N4OS/c1-14-11-15(2)28-22(27-14)32-13-17-7-9-18(10-8-17)21(31)30-29-16(3)19-5-4-6-20(12-19)23(24,25)26/h4-12H,13H2,1-3H3,(H,30,31)/b29-16+. The summed E-state index contributed by atoms with van der Waals surface area (Å²) in [5, 5.41) is 4.64. The van der Waals surface area contributed by atoms with E-state index in [0.717, 1.165) is 29.1 Å². The Morgan fingerprint density at radius 3 is 2.28 bits per heavy atom. The Bertz CT molecular complexity index is 1120. The van der Waals surface area contributed by atoms with Gasteiger partial charge in [0.1, 0.15) is 0 Å². The first-order valence-electron chi connectivity index (χ1n) is 9.68. The summed E-state index contributed by atoms with van der Waals surface area (Å²) in [6.45, 7) is 5.37. The molecule has 0 aliphatic rings. The number of hydrogen-bond acceptors (Lipinski definition) is 5. The van der Waals surface area contributed by atoms with Gasteiger partial charge in [-0.15, -0.1) is 0 Å². The molecule has 1 aromatic heterocycles. The molecule has 1 N–H and O–H groups in total. The summed E-state index contributed by atoms with van der Waals surface area (Å²) < 4.78 is 38.6. The molecule has 0 radical (unpaired) electrons. The maximum Gasteiger partial charge on any atom is 0.416 e. The van der Waals surface area contributed by atoms with Crippen molar-refractivity contribution in [3.8, 4) is 0 Å². The lowest BCUT2D eigenvalue weighted by Crippen LogP contribution is -2.19. The number of carbonyl (C=O) groups excluding carboxylic acids is 1. The number of benzene rings is 2. The molecule has 5 nitrogen and oxygen atoms in total. The number of hydrogen-bond donors (Lipinski definition) is 1. The highest BCUT2D eigenvalue weighted by atomic mass is 32.2. The predicted octanol–water partition coefficient (Wildman–Crippen LogP) is 5.56. The zero-order valence-corrected chi connectivity index (χ0v) is 18.5. The summed E-state index contributed by atoms with van der Waals surface area (Å²) >= 11 is 1.51. The van der Waals surface area contributed by atoms with Crippen LogP contribution in [0.2, 0.25) is 0 Å². The van der Waals surface area contributed by atoms with Crippen molar-refractivity contribution < 1.29 is 18.0 Å². The first kappa shape index (κ1) is 23.5. The number of nitrogens with one attached hydrogen (secondary N) is 1. The Morgan fingerprint density at radius 1 is 1.00 bits per heavy atom. The van der Waals surface area contributed by atoms with Crippen LogP contribution in [0.5, 0.6) is 0 Å². The summed E-state index contributed by atoms with van der Waals surface area (Å²) in [5.41, 5.74) is 5.38. The molecule has 32 heavy (non-hydrogen) atoms. The van der Waals surface area contributed by atoms with E-state index in [4.69, 9.17) is 0 Å². The number of thioether (sulfide) groups is 1. The van der Waals surface area contributed by atoms with Gasteiger partial charge >= 0.3 is 6.18 Å². The van der Waals surface area contributed by atoms with E-state index < -0.39 is 17.6 Å². The molecule has 9 heteroatoms. The van der Waals surface area contributed by atoms with Crippen molar-refractivity contribution in [2.75, 3.05) is 0 Å². The number of aromatic nitrogens is 2. The van der Waals surface area contributed by atoms with E-state index in [-0.39, 0.29) is 11.3 Å². The largest absolute Gasteiger partial charge is 0.416 e. The fourth-order valence-electron chi connectivity index (χ4n) is 2.84. The van der Waals surface area contributed by atoms with Crippen molar-refractivity contribution >= 4 is 23.4 Å². The maximum absolute atomic E-state index is 12.9. The molecule has 0 bridgehead atoms. The number of aryl methyl sites for hydroxylation is 2. The molecule has 0 unspecified atom stereocenters. The minimum atomic E-state index is -4.44. The number of amides is 1. The van der Waals surface area contributed by atoms with Crippen LogP contribution in [0.1, 0.15) is 45.4 Å².